The molecule has 2 amide bonds. The van der Waals surface area contributed by atoms with Crippen molar-refractivity contribution in [3.8, 4) is 10.6 Å². The monoisotopic (exact) mass is 396 g/mol. The van der Waals surface area contributed by atoms with Crippen molar-refractivity contribution in [2.24, 2.45) is 7.05 Å². The number of ether oxygens (including phenoxy) is 1. The summed E-state index contributed by atoms with van der Waals surface area (Å²) in [5.74, 6) is -0.205. The minimum absolute atomic E-state index is 0.0230. The SMILES string of the molecule is CCOC(=O)N1CCC(NC(=O)c2cc(-c3ccc(Cl)s3)n(C)n2)CC1. The van der Waals surface area contributed by atoms with E-state index in [1.807, 2.05) is 12.1 Å². The number of piperidine rings is 1. The van der Waals surface area contributed by atoms with Crippen LogP contribution in [0.1, 0.15) is 30.3 Å². The molecule has 3 rings (SSSR count). The molecule has 0 saturated carbocycles. The smallest absolute Gasteiger partial charge is 0.409 e. The maximum atomic E-state index is 12.5. The average Bonchev–Trinajstić information content (AvgIpc) is 3.21. The third-order valence-electron chi connectivity index (χ3n) is 4.29. The summed E-state index contributed by atoms with van der Waals surface area (Å²) in [4.78, 5) is 26.9. The van der Waals surface area contributed by atoms with E-state index in [-0.39, 0.29) is 18.0 Å². The van der Waals surface area contributed by atoms with Gasteiger partial charge in [-0.2, -0.15) is 5.10 Å². The predicted molar refractivity (Wildman–Crippen MR) is 101 cm³/mol. The molecule has 1 aliphatic heterocycles. The molecule has 1 fully saturated rings. The standard InChI is InChI=1S/C17H21ClN4O3S/c1-3-25-17(24)22-8-6-11(7-9-22)19-16(23)12-10-13(21(2)20-12)14-4-5-15(18)26-14/h4-5,10-11H,3,6-9H2,1-2H3,(H,19,23). The van der Waals surface area contributed by atoms with E-state index in [1.165, 1.54) is 11.3 Å². The van der Waals surface area contributed by atoms with Gasteiger partial charge in [0, 0.05) is 26.2 Å². The van der Waals surface area contributed by atoms with Crippen LogP contribution in [0.4, 0.5) is 4.79 Å². The van der Waals surface area contributed by atoms with Crippen LogP contribution in [0.2, 0.25) is 4.34 Å². The van der Waals surface area contributed by atoms with Crippen molar-refractivity contribution in [3.05, 3.63) is 28.2 Å². The van der Waals surface area contributed by atoms with Crippen LogP contribution in [0.15, 0.2) is 18.2 Å². The van der Waals surface area contributed by atoms with Gasteiger partial charge in [-0.15, -0.1) is 11.3 Å². The van der Waals surface area contributed by atoms with E-state index in [9.17, 15) is 9.59 Å². The Hall–Kier alpha value is -2.06. The predicted octanol–water partition coefficient (Wildman–Crippen LogP) is 3.15. The van der Waals surface area contributed by atoms with Crippen LogP contribution >= 0.6 is 22.9 Å². The first-order valence-electron chi connectivity index (χ1n) is 8.50. The Bertz CT molecular complexity index is 796. The van der Waals surface area contributed by atoms with Crippen molar-refractivity contribution in [3.63, 3.8) is 0 Å². The molecule has 140 valence electrons. The molecule has 7 nitrogen and oxygen atoms in total. The Morgan fingerprint density at radius 2 is 2.12 bits per heavy atom. The third kappa shape index (κ3) is 4.19. The Morgan fingerprint density at radius 3 is 2.73 bits per heavy atom. The van der Waals surface area contributed by atoms with Crippen LogP contribution < -0.4 is 5.32 Å². The lowest BCUT2D eigenvalue weighted by Crippen LogP contribution is -2.46. The van der Waals surface area contributed by atoms with Gasteiger partial charge in [0.1, 0.15) is 0 Å². The molecule has 0 unspecified atom stereocenters. The highest BCUT2D eigenvalue weighted by Gasteiger charge is 2.25. The molecule has 1 saturated heterocycles. The zero-order valence-electron chi connectivity index (χ0n) is 14.7. The molecule has 0 aromatic carbocycles. The Morgan fingerprint density at radius 1 is 1.38 bits per heavy atom. The summed E-state index contributed by atoms with van der Waals surface area (Å²) in [6.45, 7) is 3.30. The van der Waals surface area contributed by atoms with Crippen LogP contribution in [0.25, 0.3) is 10.6 Å². The molecule has 0 atom stereocenters. The summed E-state index contributed by atoms with van der Waals surface area (Å²) in [5, 5.41) is 7.32. The second kappa shape index (κ2) is 8.09. The van der Waals surface area contributed by atoms with Crippen molar-refractivity contribution >= 4 is 34.9 Å². The number of likely N-dealkylation sites (tertiary alicyclic amines) is 1. The summed E-state index contributed by atoms with van der Waals surface area (Å²) in [7, 11) is 1.80. The van der Waals surface area contributed by atoms with Crippen LogP contribution in [0.3, 0.4) is 0 Å². The molecule has 2 aromatic heterocycles. The number of nitrogens with one attached hydrogen (secondary N) is 1. The van der Waals surface area contributed by atoms with Gasteiger partial charge in [-0.25, -0.2) is 4.79 Å². The fourth-order valence-electron chi connectivity index (χ4n) is 2.94. The normalized spacial score (nSPS) is 15.1. The summed E-state index contributed by atoms with van der Waals surface area (Å²) >= 11 is 7.43. The molecule has 0 bridgehead atoms. The van der Waals surface area contributed by atoms with Crippen LogP contribution in [0.5, 0.6) is 0 Å². The number of aromatic nitrogens is 2. The van der Waals surface area contributed by atoms with Gasteiger partial charge in [0.15, 0.2) is 5.69 Å². The van der Waals surface area contributed by atoms with Gasteiger partial charge in [-0.3, -0.25) is 9.48 Å². The number of aryl methyl sites for hydroxylation is 1. The number of hydrogen-bond acceptors (Lipinski definition) is 5. The number of nitrogens with zero attached hydrogens (tertiary/aromatic N) is 3. The molecule has 1 N–H and O–H groups in total. The Balaban J connectivity index is 1.59. The van der Waals surface area contributed by atoms with Gasteiger partial charge in [0.25, 0.3) is 5.91 Å². The first-order chi connectivity index (χ1) is 12.5. The fraction of sp³-hybridized carbons (Fsp3) is 0.471. The van der Waals surface area contributed by atoms with Gasteiger partial charge < -0.3 is 15.0 Å². The summed E-state index contributed by atoms with van der Waals surface area (Å²) in [6.07, 6.45) is 1.11. The van der Waals surface area contributed by atoms with Crippen LogP contribution in [0, 0.1) is 0 Å². The number of carbonyl (C=O) groups excluding carboxylic acids is 2. The van der Waals surface area contributed by atoms with Gasteiger partial charge in [-0.05, 0) is 38.0 Å². The van der Waals surface area contributed by atoms with Crippen molar-refractivity contribution in [2.75, 3.05) is 19.7 Å². The van der Waals surface area contributed by atoms with Crippen LogP contribution in [-0.4, -0.2) is 52.4 Å². The largest absolute Gasteiger partial charge is 0.450 e. The van der Waals surface area contributed by atoms with E-state index in [2.05, 4.69) is 10.4 Å². The molecule has 0 radical (unpaired) electrons. The summed E-state index contributed by atoms with van der Waals surface area (Å²) in [5.41, 5.74) is 1.23. The number of amides is 2. The van der Waals surface area contributed by atoms with Gasteiger partial charge in [0.05, 0.1) is 21.5 Å². The van der Waals surface area contributed by atoms with Gasteiger partial charge in [-0.1, -0.05) is 11.6 Å². The lowest BCUT2D eigenvalue weighted by atomic mass is 10.1. The second-order valence-electron chi connectivity index (χ2n) is 6.08. The van der Waals surface area contributed by atoms with Gasteiger partial charge >= 0.3 is 6.09 Å². The second-order valence-corrected chi connectivity index (χ2v) is 7.79. The molecular formula is C17H21ClN4O3S. The minimum atomic E-state index is -0.291. The molecule has 9 heteroatoms. The van der Waals surface area contributed by atoms with E-state index >= 15 is 0 Å². The Labute approximate surface area is 160 Å². The number of halogens is 1. The van der Waals surface area contributed by atoms with Crippen molar-refractivity contribution in [2.45, 2.75) is 25.8 Å². The molecule has 0 aliphatic carbocycles. The molecule has 1 aliphatic rings. The first kappa shape index (κ1) is 18.7. The lowest BCUT2D eigenvalue weighted by Gasteiger charge is -2.31. The minimum Gasteiger partial charge on any atom is -0.450 e. The van der Waals surface area contributed by atoms with E-state index in [1.54, 1.807) is 29.6 Å². The quantitative estimate of drug-likeness (QED) is 0.861. The summed E-state index contributed by atoms with van der Waals surface area (Å²) < 4.78 is 7.38. The zero-order valence-corrected chi connectivity index (χ0v) is 16.3. The van der Waals surface area contributed by atoms with E-state index < -0.39 is 0 Å². The van der Waals surface area contributed by atoms with Crippen LogP contribution in [-0.2, 0) is 11.8 Å². The number of hydrogen-bond donors (Lipinski definition) is 1. The lowest BCUT2D eigenvalue weighted by molar-refractivity contribution is 0.0856. The van der Waals surface area contributed by atoms with E-state index in [4.69, 9.17) is 16.3 Å². The highest BCUT2D eigenvalue weighted by Crippen LogP contribution is 2.31. The zero-order chi connectivity index (χ0) is 18.7. The first-order valence-corrected chi connectivity index (χ1v) is 9.69. The fourth-order valence-corrected chi connectivity index (χ4v) is 4.03. The van der Waals surface area contributed by atoms with Crippen molar-refractivity contribution < 1.29 is 14.3 Å². The topological polar surface area (TPSA) is 76.5 Å². The highest BCUT2D eigenvalue weighted by molar-refractivity contribution is 7.19. The Kier molecular flexibility index (Phi) is 5.83. The number of rotatable bonds is 4. The molecule has 26 heavy (non-hydrogen) atoms. The third-order valence-corrected chi connectivity index (χ3v) is 5.55. The maximum absolute atomic E-state index is 12.5. The highest BCUT2D eigenvalue weighted by atomic mass is 35.5. The molecule has 3 heterocycles. The van der Waals surface area contributed by atoms with Gasteiger partial charge in [0.2, 0.25) is 0 Å². The van der Waals surface area contributed by atoms with E-state index in [0.717, 1.165) is 10.6 Å². The number of thiophene rings is 1. The maximum Gasteiger partial charge on any atom is 0.409 e. The summed E-state index contributed by atoms with van der Waals surface area (Å²) in [6, 6.07) is 5.53. The average molecular weight is 397 g/mol. The molecule has 0 spiro atoms. The molecule has 2 aromatic rings. The number of carbonyl (C=O) groups is 2. The molecular weight excluding hydrogens is 376 g/mol. The van der Waals surface area contributed by atoms with E-state index in [0.29, 0.717) is 42.6 Å². The van der Waals surface area contributed by atoms with Crippen molar-refractivity contribution in [1.82, 2.24) is 20.0 Å². The van der Waals surface area contributed by atoms with Crippen molar-refractivity contribution in [1.29, 1.82) is 0 Å².